The topological polar surface area (TPSA) is 51.2 Å². The van der Waals surface area contributed by atoms with E-state index < -0.39 is 18.4 Å². The van der Waals surface area contributed by atoms with Crippen LogP contribution < -0.4 is 0 Å². The molecule has 1 aromatic rings. The average molecular weight is 274 g/mol. The van der Waals surface area contributed by atoms with E-state index in [0.29, 0.717) is 0 Å². The fraction of sp³-hybridized carbons (Fsp3) is 0.308. The summed E-state index contributed by atoms with van der Waals surface area (Å²) in [5.74, 6) is -1.88. The summed E-state index contributed by atoms with van der Waals surface area (Å²) < 4.78 is 33.4. The van der Waals surface area contributed by atoms with Crippen molar-refractivity contribution in [2.45, 2.75) is 26.4 Å². The van der Waals surface area contributed by atoms with Gasteiger partial charge in [-0.1, -0.05) is 29.8 Å². The number of benzene rings is 1. The molecule has 0 N–H and O–H groups in total. The molecule has 1 rings (SSSR count). The molecule has 0 saturated carbocycles. The minimum absolute atomic E-state index is 0.0736. The molecule has 0 aliphatic carbocycles. The summed E-state index contributed by atoms with van der Waals surface area (Å²) in [4.78, 5) is 29.8. The number of ketones is 2. The summed E-state index contributed by atoms with van der Waals surface area (Å²) in [6, 6.07) is 7.57. The normalized spacial score (nSPS) is 10.2. The van der Waals surface area contributed by atoms with Crippen molar-refractivity contribution in [3.8, 4) is 0 Å². The maximum atomic E-state index is 11.1. The molecule has 0 fully saturated rings. The molecule has 0 amide bonds. The van der Waals surface area contributed by atoms with Gasteiger partial charge in [-0.05, 0) is 13.8 Å². The second kappa shape index (κ2) is 7.45. The summed E-state index contributed by atoms with van der Waals surface area (Å²) in [6.45, 7) is 3.58. The van der Waals surface area contributed by atoms with Crippen molar-refractivity contribution in [2.75, 3.05) is 0 Å². The van der Waals surface area contributed by atoms with Crippen LogP contribution in [0.15, 0.2) is 24.3 Å². The van der Waals surface area contributed by atoms with Crippen molar-refractivity contribution in [3.63, 3.8) is 0 Å². The zero-order chi connectivity index (χ0) is 15.1. The lowest BCUT2D eigenvalue weighted by molar-refractivity contribution is -0.171. The van der Waals surface area contributed by atoms with Crippen LogP contribution in [0.1, 0.15) is 29.3 Å². The first kappa shape index (κ1) is 17.0. The molecule has 0 aliphatic rings. The quantitative estimate of drug-likeness (QED) is 0.484. The SMILES string of the molecule is CC(=O)c1ccc(C)cc1.O=CCC(=O)C(F)(F)F. The highest BCUT2D eigenvalue weighted by molar-refractivity contribution is 5.94. The number of aryl methyl sites for hydroxylation is 1. The Balaban J connectivity index is 0.000000344. The van der Waals surface area contributed by atoms with Crippen LogP contribution >= 0.6 is 0 Å². The van der Waals surface area contributed by atoms with E-state index in [1.165, 1.54) is 5.56 Å². The highest BCUT2D eigenvalue weighted by atomic mass is 19.4. The third-order valence-corrected chi connectivity index (χ3v) is 2.04. The van der Waals surface area contributed by atoms with Gasteiger partial charge in [0.15, 0.2) is 5.78 Å². The van der Waals surface area contributed by atoms with Crippen LogP contribution in [0.25, 0.3) is 0 Å². The van der Waals surface area contributed by atoms with E-state index in [4.69, 9.17) is 0 Å². The molecule has 0 heterocycles. The molecule has 19 heavy (non-hydrogen) atoms. The van der Waals surface area contributed by atoms with E-state index in [2.05, 4.69) is 0 Å². The zero-order valence-electron chi connectivity index (χ0n) is 10.5. The maximum absolute atomic E-state index is 11.1. The molecule has 0 saturated heterocycles. The van der Waals surface area contributed by atoms with Crippen LogP contribution in [-0.4, -0.2) is 24.0 Å². The molecule has 0 bridgehead atoms. The summed E-state index contributed by atoms with van der Waals surface area (Å²) >= 11 is 0. The van der Waals surface area contributed by atoms with Crippen LogP contribution in [0.3, 0.4) is 0 Å². The molecule has 0 aromatic heterocycles. The van der Waals surface area contributed by atoms with Crippen molar-refractivity contribution in [1.29, 1.82) is 0 Å². The minimum atomic E-state index is -4.86. The Labute approximate surface area is 108 Å². The van der Waals surface area contributed by atoms with Crippen LogP contribution in [0, 0.1) is 6.92 Å². The number of hydrogen-bond donors (Lipinski definition) is 0. The average Bonchev–Trinajstić information content (AvgIpc) is 2.29. The first-order valence-electron chi connectivity index (χ1n) is 5.29. The lowest BCUT2D eigenvalue weighted by Gasteiger charge is -1.98. The second-order valence-corrected chi connectivity index (χ2v) is 3.71. The summed E-state index contributed by atoms with van der Waals surface area (Å²) in [6.07, 6.45) is -6.01. The van der Waals surface area contributed by atoms with Crippen molar-refractivity contribution in [1.82, 2.24) is 0 Å². The Kier molecular flexibility index (Phi) is 6.68. The van der Waals surface area contributed by atoms with Crippen LogP contribution in [0.2, 0.25) is 0 Å². The highest BCUT2D eigenvalue weighted by Crippen LogP contribution is 2.16. The number of carbonyl (C=O) groups excluding carboxylic acids is 3. The Morgan fingerprint density at radius 2 is 1.63 bits per heavy atom. The molecule has 6 heteroatoms. The lowest BCUT2D eigenvalue weighted by atomic mass is 10.1. The number of aldehydes is 1. The molecule has 3 nitrogen and oxygen atoms in total. The predicted molar refractivity (Wildman–Crippen MR) is 62.9 cm³/mol. The van der Waals surface area contributed by atoms with Crippen LogP contribution in [-0.2, 0) is 9.59 Å². The molecule has 0 radical (unpaired) electrons. The predicted octanol–water partition coefficient (Wildman–Crippen LogP) is 2.90. The van der Waals surface area contributed by atoms with Gasteiger partial charge >= 0.3 is 6.18 Å². The molecule has 104 valence electrons. The largest absolute Gasteiger partial charge is 0.450 e. The van der Waals surface area contributed by atoms with Gasteiger partial charge in [0.25, 0.3) is 0 Å². The van der Waals surface area contributed by atoms with Crippen LogP contribution in [0.5, 0.6) is 0 Å². The smallest absolute Gasteiger partial charge is 0.303 e. The standard InChI is InChI=1S/C9H10O.C4H3F3O2/c1-7-3-5-9(6-4-7)8(2)10;5-4(6,7)3(9)1-2-8/h3-6H,1-2H3;2H,1H2. The molecule has 0 spiro atoms. The van der Waals surface area contributed by atoms with Gasteiger partial charge in [0.1, 0.15) is 6.29 Å². The van der Waals surface area contributed by atoms with Crippen molar-refractivity contribution in [2.24, 2.45) is 0 Å². The zero-order valence-corrected chi connectivity index (χ0v) is 10.5. The highest BCUT2D eigenvalue weighted by Gasteiger charge is 2.37. The van der Waals surface area contributed by atoms with E-state index in [1.54, 1.807) is 6.92 Å². The monoisotopic (exact) mass is 274 g/mol. The van der Waals surface area contributed by atoms with E-state index >= 15 is 0 Å². The third kappa shape index (κ3) is 7.13. The third-order valence-electron chi connectivity index (χ3n) is 2.04. The van der Waals surface area contributed by atoms with Gasteiger partial charge in [-0.2, -0.15) is 13.2 Å². The van der Waals surface area contributed by atoms with Gasteiger partial charge < -0.3 is 4.79 Å². The van der Waals surface area contributed by atoms with Crippen molar-refractivity contribution < 1.29 is 27.6 Å². The first-order chi connectivity index (χ1) is 8.68. The fourth-order valence-electron chi connectivity index (χ4n) is 0.980. The number of carbonyl (C=O) groups is 3. The summed E-state index contributed by atoms with van der Waals surface area (Å²) in [7, 11) is 0. The number of hydrogen-bond acceptors (Lipinski definition) is 3. The molecule has 0 atom stereocenters. The number of alkyl halides is 3. The van der Waals surface area contributed by atoms with Crippen molar-refractivity contribution >= 4 is 17.9 Å². The van der Waals surface area contributed by atoms with Gasteiger partial charge in [-0.25, -0.2) is 0 Å². The Morgan fingerprint density at radius 3 is 1.89 bits per heavy atom. The molecular weight excluding hydrogens is 261 g/mol. The van der Waals surface area contributed by atoms with Crippen LogP contribution in [0.4, 0.5) is 13.2 Å². The van der Waals surface area contributed by atoms with E-state index in [9.17, 15) is 27.6 Å². The lowest BCUT2D eigenvalue weighted by Crippen LogP contribution is -2.22. The Hall–Kier alpha value is -1.98. The van der Waals surface area contributed by atoms with E-state index in [1.807, 2.05) is 31.2 Å². The molecular formula is C13H13F3O3. The Morgan fingerprint density at radius 1 is 1.16 bits per heavy atom. The van der Waals surface area contributed by atoms with E-state index in [-0.39, 0.29) is 12.1 Å². The molecule has 1 aromatic carbocycles. The maximum Gasteiger partial charge on any atom is 0.450 e. The number of rotatable bonds is 3. The van der Waals surface area contributed by atoms with Gasteiger partial charge in [-0.15, -0.1) is 0 Å². The number of Topliss-reactive ketones (excluding diaryl/α,β-unsaturated/α-hetero) is 2. The Bertz CT molecular complexity index is 447. The summed E-state index contributed by atoms with van der Waals surface area (Å²) in [5, 5.41) is 0. The van der Waals surface area contributed by atoms with E-state index in [0.717, 1.165) is 5.56 Å². The van der Waals surface area contributed by atoms with Gasteiger partial charge in [0.2, 0.25) is 5.78 Å². The fourth-order valence-corrected chi connectivity index (χ4v) is 0.980. The van der Waals surface area contributed by atoms with Crippen molar-refractivity contribution in [3.05, 3.63) is 35.4 Å². The molecule has 0 aliphatic heterocycles. The summed E-state index contributed by atoms with van der Waals surface area (Å²) in [5.41, 5.74) is 1.97. The minimum Gasteiger partial charge on any atom is -0.303 e. The first-order valence-corrected chi connectivity index (χ1v) is 5.29. The number of halogens is 3. The van der Waals surface area contributed by atoms with Gasteiger partial charge in [0.05, 0.1) is 6.42 Å². The molecule has 0 unspecified atom stereocenters. The van der Waals surface area contributed by atoms with Gasteiger partial charge in [0, 0.05) is 5.56 Å². The second-order valence-electron chi connectivity index (χ2n) is 3.71. The van der Waals surface area contributed by atoms with Gasteiger partial charge in [-0.3, -0.25) is 9.59 Å².